The highest BCUT2D eigenvalue weighted by atomic mass is 32.1. The summed E-state index contributed by atoms with van der Waals surface area (Å²) in [4.78, 5) is 28.9. The second kappa shape index (κ2) is 8.07. The van der Waals surface area contributed by atoms with Crippen molar-refractivity contribution < 1.29 is 19.1 Å². The van der Waals surface area contributed by atoms with Crippen molar-refractivity contribution in [2.75, 3.05) is 11.9 Å². The first-order valence-corrected chi connectivity index (χ1v) is 8.93. The zero-order valence-corrected chi connectivity index (χ0v) is 14.8. The van der Waals surface area contributed by atoms with Gasteiger partial charge in [-0.25, -0.2) is 9.78 Å². The third-order valence-corrected chi connectivity index (χ3v) is 4.77. The standard InChI is InChI=1S/C15H18N2O4S2/c1-4-6-11-7-10(8-22-11)12(18)17-14-16-9(3)13(23-14)21-15(19)20-5-2/h7-8H,4-6H2,1-3H3,(H,16,17,18). The molecule has 2 aromatic heterocycles. The van der Waals surface area contributed by atoms with E-state index in [-0.39, 0.29) is 12.5 Å². The Hall–Kier alpha value is -1.93. The molecule has 0 saturated carbocycles. The highest BCUT2D eigenvalue weighted by Crippen LogP contribution is 2.31. The molecule has 0 aliphatic carbocycles. The van der Waals surface area contributed by atoms with Gasteiger partial charge in [0.1, 0.15) is 0 Å². The SMILES string of the molecule is CCCc1cc(C(=O)Nc2nc(C)c(OC(=O)OCC)s2)cs1. The van der Waals surface area contributed by atoms with E-state index in [1.807, 2.05) is 11.4 Å². The number of carbonyl (C=O) groups is 2. The summed E-state index contributed by atoms with van der Waals surface area (Å²) in [5.74, 6) is -0.222. The fourth-order valence-electron chi connectivity index (χ4n) is 1.80. The maximum Gasteiger partial charge on any atom is 0.514 e. The molecule has 6 nitrogen and oxygen atoms in total. The zero-order valence-electron chi connectivity index (χ0n) is 13.2. The Morgan fingerprint density at radius 1 is 1.35 bits per heavy atom. The van der Waals surface area contributed by atoms with Gasteiger partial charge >= 0.3 is 6.16 Å². The second-order valence-electron chi connectivity index (χ2n) is 4.68. The van der Waals surface area contributed by atoms with Gasteiger partial charge in [0.2, 0.25) is 5.06 Å². The minimum atomic E-state index is -0.779. The maximum absolute atomic E-state index is 12.2. The average Bonchev–Trinajstić information content (AvgIpc) is 3.07. The molecule has 8 heteroatoms. The summed E-state index contributed by atoms with van der Waals surface area (Å²) < 4.78 is 9.75. The van der Waals surface area contributed by atoms with Gasteiger partial charge in [0.25, 0.3) is 5.91 Å². The van der Waals surface area contributed by atoms with Gasteiger partial charge in [-0.15, -0.1) is 11.3 Å². The summed E-state index contributed by atoms with van der Waals surface area (Å²) in [6.07, 6.45) is 1.23. The number of hydrogen-bond donors (Lipinski definition) is 1. The van der Waals surface area contributed by atoms with E-state index in [1.54, 1.807) is 25.2 Å². The van der Waals surface area contributed by atoms with Crippen molar-refractivity contribution in [3.8, 4) is 5.06 Å². The van der Waals surface area contributed by atoms with Gasteiger partial charge in [0.15, 0.2) is 5.13 Å². The molecule has 1 N–H and O–H groups in total. The van der Waals surface area contributed by atoms with Gasteiger partial charge in [-0.2, -0.15) is 0 Å². The molecule has 2 heterocycles. The van der Waals surface area contributed by atoms with Crippen molar-refractivity contribution in [3.05, 3.63) is 27.6 Å². The number of nitrogens with one attached hydrogen (secondary N) is 1. The Bertz CT molecular complexity index is 693. The number of anilines is 1. The van der Waals surface area contributed by atoms with Crippen LogP contribution in [-0.4, -0.2) is 23.7 Å². The van der Waals surface area contributed by atoms with Gasteiger partial charge in [0.05, 0.1) is 17.9 Å². The van der Waals surface area contributed by atoms with Crippen LogP contribution in [0.15, 0.2) is 11.4 Å². The van der Waals surface area contributed by atoms with Crippen LogP contribution in [0, 0.1) is 6.92 Å². The van der Waals surface area contributed by atoms with E-state index in [1.165, 1.54) is 4.88 Å². The number of ether oxygens (including phenoxy) is 2. The number of rotatable bonds is 6. The van der Waals surface area contributed by atoms with Crippen molar-refractivity contribution in [1.82, 2.24) is 4.98 Å². The molecule has 0 fully saturated rings. The van der Waals surface area contributed by atoms with Crippen molar-refractivity contribution in [2.45, 2.75) is 33.6 Å². The number of amides is 1. The predicted octanol–water partition coefficient (Wildman–Crippen LogP) is 4.25. The number of aryl methyl sites for hydroxylation is 2. The number of thiazole rings is 1. The first kappa shape index (κ1) is 17.4. The molecule has 23 heavy (non-hydrogen) atoms. The van der Waals surface area contributed by atoms with Gasteiger partial charge < -0.3 is 9.47 Å². The normalized spacial score (nSPS) is 10.4. The average molecular weight is 354 g/mol. The lowest BCUT2D eigenvalue weighted by Crippen LogP contribution is -2.10. The van der Waals surface area contributed by atoms with Crippen LogP contribution in [0.2, 0.25) is 0 Å². The van der Waals surface area contributed by atoms with Crippen LogP contribution in [-0.2, 0) is 11.2 Å². The molecular formula is C15H18N2O4S2. The minimum Gasteiger partial charge on any atom is -0.434 e. The van der Waals surface area contributed by atoms with Crippen LogP contribution in [0.4, 0.5) is 9.93 Å². The molecular weight excluding hydrogens is 336 g/mol. The van der Waals surface area contributed by atoms with E-state index in [9.17, 15) is 9.59 Å². The van der Waals surface area contributed by atoms with Crippen LogP contribution >= 0.6 is 22.7 Å². The highest BCUT2D eigenvalue weighted by molar-refractivity contribution is 7.17. The topological polar surface area (TPSA) is 77.5 Å². The lowest BCUT2D eigenvalue weighted by atomic mass is 10.2. The lowest BCUT2D eigenvalue weighted by Gasteiger charge is -2.00. The predicted molar refractivity (Wildman–Crippen MR) is 90.8 cm³/mol. The van der Waals surface area contributed by atoms with Crippen molar-refractivity contribution in [3.63, 3.8) is 0 Å². The molecule has 0 spiro atoms. The van der Waals surface area contributed by atoms with Crippen molar-refractivity contribution in [2.24, 2.45) is 0 Å². The number of thiophene rings is 1. The van der Waals surface area contributed by atoms with E-state index in [2.05, 4.69) is 17.2 Å². The van der Waals surface area contributed by atoms with E-state index in [0.717, 1.165) is 24.2 Å². The van der Waals surface area contributed by atoms with Crippen LogP contribution in [0.1, 0.15) is 41.2 Å². The van der Waals surface area contributed by atoms with Crippen LogP contribution in [0.25, 0.3) is 0 Å². The molecule has 0 aliphatic rings. The molecule has 0 aromatic carbocycles. The van der Waals surface area contributed by atoms with Crippen LogP contribution < -0.4 is 10.1 Å². The smallest absolute Gasteiger partial charge is 0.434 e. The Labute approximate surface area is 142 Å². The maximum atomic E-state index is 12.2. The Kier molecular flexibility index (Phi) is 6.12. The van der Waals surface area contributed by atoms with E-state index < -0.39 is 6.16 Å². The molecule has 0 aliphatic heterocycles. The van der Waals surface area contributed by atoms with Gasteiger partial charge in [-0.3, -0.25) is 10.1 Å². The highest BCUT2D eigenvalue weighted by Gasteiger charge is 2.16. The van der Waals surface area contributed by atoms with Crippen LogP contribution in [0.5, 0.6) is 5.06 Å². The molecule has 2 rings (SSSR count). The number of aromatic nitrogens is 1. The summed E-state index contributed by atoms with van der Waals surface area (Å²) in [7, 11) is 0. The lowest BCUT2D eigenvalue weighted by molar-refractivity contribution is 0.102. The largest absolute Gasteiger partial charge is 0.514 e. The Morgan fingerprint density at radius 3 is 2.83 bits per heavy atom. The zero-order chi connectivity index (χ0) is 16.8. The molecule has 1 amide bonds. The first-order chi connectivity index (χ1) is 11.0. The first-order valence-electron chi connectivity index (χ1n) is 7.24. The molecule has 124 valence electrons. The van der Waals surface area contributed by atoms with E-state index in [4.69, 9.17) is 9.47 Å². The van der Waals surface area contributed by atoms with Crippen molar-refractivity contribution in [1.29, 1.82) is 0 Å². The molecule has 2 aromatic rings. The van der Waals surface area contributed by atoms with Gasteiger partial charge in [-0.1, -0.05) is 24.7 Å². The summed E-state index contributed by atoms with van der Waals surface area (Å²) in [5.41, 5.74) is 1.13. The second-order valence-corrected chi connectivity index (χ2v) is 6.64. The van der Waals surface area contributed by atoms with E-state index >= 15 is 0 Å². The summed E-state index contributed by atoms with van der Waals surface area (Å²) >= 11 is 2.66. The minimum absolute atomic E-state index is 0.222. The van der Waals surface area contributed by atoms with Gasteiger partial charge in [-0.05, 0) is 26.3 Å². The quantitative estimate of drug-likeness (QED) is 0.785. The fraction of sp³-hybridized carbons (Fsp3) is 0.400. The van der Waals surface area contributed by atoms with E-state index in [0.29, 0.717) is 21.5 Å². The summed E-state index contributed by atoms with van der Waals surface area (Å²) in [5, 5.41) is 5.25. The number of hydrogen-bond acceptors (Lipinski definition) is 7. The molecule has 0 bridgehead atoms. The molecule has 0 radical (unpaired) electrons. The summed E-state index contributed by atoms with van der Waals surface area (Å²) in [6, 6.07) is 1.89. The Balaban J connectivity index is 2.02. The number of nitrogens with zero attached hydrogens (tertiary/aromatic N) is 1. The van der Waals surface area contributed by atoms with Gasteiger partial charge in [0, 0.05) is 10.3 Å². The third kappa shape index (κ3) is 4.77. The molecule has 0 saturated heterocycles. The number of carbonyl (C=O) groups excluding carboxylic acids is 2. The Morgan fingerprint density at radius 2 is 2.13 bits per heavy atom. The third-order valence-electron chi connectivity index (χ3n) is 2.83. The fourth-order valence-corrected chi connectivity index (χ4v) is 3.58. The summed E-state index contributed by atoms with van der Waals surface area (Å²) in [6.45, 7) is 5.73. The van der Waals surface area contributed by atoms with Crippen LogP contribution in [0.3, 0.4) is 0 Å². The molecule has 0 unspecified atom stereocenters. The monoisotopic (exact) mass is 354 g/mol. The van der Waals surface area contributed by atoms with Crippen molar-refractivity contribution >= 4 is 39.9 Å². The molecule has 0 atom stereocenters.